The monoisotopic (exact) mass is 470 g/mol. The van der Waals surface area contributed by atoms with Crippen LogP contribution in [0.25, 0.3) is 11.3 Å². The second-order valence-corrected chi connectivity index (χ2v) is 10.5. The molecule has 4 rings (SSSR count). The molecule has 0 spiro atoms. The van der Waals surface area contributed by atoms with Crippen molar-refractivity contribution in [3.05, 3.63) is 82.0 Å². The van der Waals surface area contributed by atoms with Gasteiger partial charge in [0.05, 0.1) is 11.8 Å². The summed E-state index contributed by atoms with van der Waals surface area (Å²) >= 11 is 0. The van der Waals surface area contributed by atoms with Gasteiger partial charge in [0.15, 0.2) is 0 Å². The highest BCUT2D eigenvalue weighted by Crippen LogP contribution is 2.39. The Bertz CT molecular complexity index is 1140. The third kappa shape index (κ3) is 5.30. The molecule has 0 N–H and O–H groups in total. The SMILES string of the molecule is CCc1cccc(CC)c1-c1cc(OC(C)C)c(CN2CCc3ccccc3C2C(C)C)c(C)n1. The van der Waals surface area contributed by atoms with Crippen LogP contribution in [-0.2, 0) is 25.8 Å². The summed E-state index contributed by atoms with van der Waals surface area (Å²) in [6.45, 7) is 17.4. The van der Waals surface area contributed by atoms with Crippen molar-refractivity contribution in [2.24, 2.45) is 5.92 Å². The second-order valence-electron chi connectivity index (χ2n) is 10.5. The van der Waals surface area contributed by atoms with Crippen molar-refractivity contribution < 1.29 is 4.74 Å². The lowest BCUT2D eigenvalue weighted by molar-refractivity contribution is 0.132. The number of aromatic nitrogens is 1. The summed E-state index contributed by atoms with van der Waals surface area (Å²) in [7, 11) is 0. The number of rotatable bonds is 8. The number of benzene rings is 2. The summed E-state index contributed by atoms with van der Waals surface area (Å²) in [5, 5.41) is 0. The average Bonchev–Trinajstić information content (AvgIpc) is 2.84. The van der Waals surface area contributed by atoms with E-state index in [2.05, 4.69) is 102 Å². The molecular weight excluding hydrogens is 428 g/mol. The number of aryl methyl sites for hydroxylation is 3. The zero-order chi connectivity index (χ0) is 25.1. The fourth-order valence-corrected chi connectivity index (χ4v) is 5.73. The van der Waals surface area contributed by atoms with Gasteiger partial charge >= 0.3 is 0 Å². The Balaban J connectivity index is 1.78. The van der Waals surface area contributed by atoms with Crippen molar-refractivity contribution in [1.82, 2.24) is 9.88 Å². The van der Waals surface area contributed by atoms with Crippen LogP contribution < -0.4 is 4.74 Å². The van der Waals surface area contributed by atoms with Crippen LogP contribution in [0.1, 0.15) is 81.1 Å². The van der Waals surface area contributed by atoms with E-state index in [-0.39, 0.29) is 6.10 Å². The molecule has 186 valence electrons. The minimum absolute atomic E-state index is 0.110. The Morgan fingerprint density at radius 3 is 2.29 bits per heavy atom. The lowest BCUT2D eigenvalue weighted by Gasteiger charge is -2.40. The van der Waals surface area contributed by atoms with Crippen LogP contribution in [0.15, 0.2) is 48.5 Å². The molecule has 35 heavy (non-hydrogen) atoms. The Morgan fingerprint density at radius 2 is 1.66 bits per heavy atom. The first-order chi connectivity index (χ1) is 16.8. The van der Waals surface area contributed by atoms with Crippen molar-refractivity contribution in [2.45, 2.75) is 86.4 Å². The van der Waals surface area contributed by atoms with E-state index in [0.29, 0.717) is 12.0 Å². The summed E-state index contributed by atoms with van der Waals surface area (Å²) in [6, 6.07) is 18.2. The number of fused-ring (bicyclic) bond motifs is 1. The van der Waals surface area contributed by atoms with E-state index in [1.165, 1.54) is 33.4 Å². The summed E-state index contributed by atoms with van der Waals surface area (Å²) in [5.74, 6) is 1.51. The molecule has 3 heteroatoms. The summed E-state index contributed by atoms with van der Waals surface area (Å²) in [6.07, 6.45) is 3.19. The van der Waals surface area contributed by atoms with Gasteiger partial charge in [-0.3, -0.25) is 9.88 Å². The zero-order valence-electron chi connectivity index (χ0n) is 22.7. The molecule has 1 unspecified atom stereocenters. The lowest BCUT2D eigenvalue weighted by Crippen LogP contribution is -2.38. The van der Waals surface area contributed by atoms with Crippen LogP contribution in [0.3, 0.4) is 0 Å². The number of ether oxygens (including phenoxy) is 1. The molecule has 0 saturated carbocycles. The molecule has 0 fully saturated rings. The fraction of sp³-hybridized carbons (Fsp3) is 0.469. The number of hydrogen-bond acceptors (Lipinski definition) is 3. The highest BCUT2D eigenvalue weighted by Gasteiger charge is 2.31. The highest BCUT2D eigenvalue weighted by atomic mass is 16.5. The minimum Gasteiger partial charge on any atom is -0.491 e. The number of pyridine rings is 1. The first-order valence-corrected chi connectivity index (χ1v) is 13.4. The van der Waals surface area contributed by atoms with Gasteiger partial charge in [0.2, 0.25) is 0 Å². The highest BCUT2D eigenvalue weighted by molar-refractivity contribution is 5.70. The Hall–Kier alpha value is -2.65. The first-order valence-electron chi connectivity index (χ1n) is 13.4. The maximum atomic E-state index is 6.48. The van der Waals surface area contributed by atoms with Crippen molar-refractivity contribution in [3.8, 4) is 17.0 Å². The predicted molar refractivity (Wildman–Crippen MR) is 147 cm³/mol. The molecule has 3 nitrogen and oxygen atoms in total. The summed E-state index contributed by atoms with van der Waals surface area (Å²) < 4.78 is 6.48. The van der Waals surface area contributed by atoms with Gasteiger partial charge in [-0.25, -0.2) is 0 Å². The van der Waals surface area contributed by atoms with Gasteiger partial charge in [0, 0.05) is 42.0 Å². The summed E-state index contributed by atoms with van der Waals surface area (Å²) in [4.78, 5) is 7.84. The lowest BCUT2D eigenvalue weighted by atomic mass is 9.86. The number of nitrogens with zero attached hydrogens (tertiary/aromatic N) is 2. The Kier molecular flexibility index (Phi) is 7.96. The van der Waals surface area contributed by atoms with Crippen LogP contribution >= 0.6 is 0 Å². The third-order valence-corrected chi connectivity index (χ3v) is 7.34. The standard InChI is InChI=1S/C32H42N2O/c1-8-24-14-12-15-25(9-2)31(24)29-19-30(35-22(5)6)28(23(7)33-29)20-34-18-17-26-13-10-11-16-27(26)32(34)21(3)4/h10-16,19,21-22,32H,8-9,17-18,20H2,1-7H3. The largest absolute Gasteiger partial charge is 0.491 e. The molecule has 3 aromatic rings. The van der Waals surface area contributed by atoms with Crippen LogP contribution in [0.2, 0.25) is 0 Å². The second kappa shape index (κ2) is 11.0. The van der Waals surface area contributed by atoms with E-state index >= 15 is 0 Å². The van der Waals surface area contributed by atoms with E-state index in [9.17, 15) is 0 Å². The normalized spacial score (nSPS) is 16.1. The zero-order valence-corrected chi connectivity index (χ0v) is 22.7. The molecule has 2 aromatic carbocycles. The molecule has 1 aliphatic rings. The molecule has 2 heterocycles. The van der Waals surface area contributed by atoms with E-state index in [4.69, 9.17) is 9.72 Å². The van der Waals surface area contributed by atoms with E-state index in [1.807, 2.05) is 0 Å². The molecule has 0 bridgehead atoms. The maximum Gasteiger partial charge on any atom is 0.128 e. The van der Waals surface area contributed by atoms with E-state index < -0.39 is 0 Å². The van der Waals surface area contributed by atoms with E-state index in [0.717, 1.165) is 49.5 Å². The van der Waals surface area contributed by atoms with Crippen molar-refractivity contribution in [3.63, 3.8) is 0 Å². The van der Waals surface area contributed by atoms with Crippen LogP contribution in [0.5, 0.6) is 5.75 Å². The van der Waals surface area contributed by atoms with Crippen LogP contribution in [0.4, 0.5) is 0 Å². The molecule has 1 aromatic heterocycles. The van der Waals surface area contributed by atoms with Crippen molar-refractivity contribution in [1.29, 1.82) is 0 Å². The van der Waals surface area contributed by atoms with Gasteiger partial charge in [0.1, 0.15) is 5.75 Å². The van der Waals surface area contributed by atoms with Gasteiger partial charge in [-0.05, 0) is 68.2 Å². The molecule has 1 aliphatic heterocycles. The van der Waals surface area contributed by atoms with Gasteiger partial charge in [-0.1, -0.05) is 70.2 Å². The average molecular weight is 471 g/mol. The fourth-order valence-electron chi connectivity index (χ4n) is 5.73. The number of hydrogen-bond donors (Lipinski definition) is 0. The van der Waals surface area contributed by atoms with E-state index in [1.54, 1.807) is 0 Å². The Labute approximate surface area is 212 Å². The third-order valence-electron chi connectivity index (χ3n) is 7.34. The molecule has 0 aliphatic carbocycles. The van der Waals surface area contributed by atoms with Crippen molar-refractivity contribution >= 4 is 0 Å². The van der Waals surface area contributed by atoms with Crippen LogP contribution in [-0.4, -0.2) is 22.5 Å². The molecule has 0 radical (unpaired) electrons. The van der Waals surface area contributed by atoms with Gasteiger partial charge < -0.3 is 4.74 Å². The smallest absolute Gasteiger partial charge is 0.128 e. The van der Waals surface area contributed by atoms with Gasteiger partial charge in [0.25, 0.3) is 0 Å². The first kappa shape index (κ1) is 25.4. The predicted octanol–water partition coefficient (Wildman–Crippen LogP) is 7.72. The minimum atomic E-state index is 0.110. The molecule has 0 amide bonds. The van der Waals surface area contributed by atoms with Crippen LogP contribution in [0, 0.1) is 12.8 Å². The molecule has 1 atom stereocenters. The quantitative estimate of drug-likeness (QED) is 0.337. The van der Waals surface area contributed by atoms with Crippen molar-refractivity contribution in [2.75, 3.05) is 6.54 Å². The summed E-state index contributed by atoms with van der Waals surface area (Å²) in [5.41, 5.74) is 10.3. The maximum absolute atomic E-state index is 6.48. The molecular formula is C32H42N2O. The van der Waals surface area contributed by atoms with Gasteiger partial charge in [-0.15, -0.1) is 0 Å². The Morgan fingerprint density at radius 1 is 0.971 bits per heavy atom. The molecule has 0 saturated heterocycles. The topological polar surface area (TPSA) is 25.4 Å². The van der Waals surface area contributed by atoms with Gasteiger partial charge in [-0.2, -0.15) is 0 Å².